The number of aromatic hydroxyl groups is 1. The maximum atomic E-state index is 13.6. The monoisotopic (exact) mass is 502 g/mol. The van der Waals surface area contributed by atoms with Crippen LogP contribution in [0.3, 0.4) is 0 Å². The van der Waals surface area contributed by atoms with Gasteiger partial charge in [-0.15, -0.1) is 0 Å². The molecule has 3 rings (SSSR count). The van der Waals surface area contributed by atoms with Crippen molar-refractivity contribution < 1.29 is 41.4 Å². The molecule has 1 fully saturated rings. The summed E-state index contributed by atoms with van der Waals surface area (Å²) in [4.78, 5) is 33.6. The number of ether oxygens (including phenoxy) is 1. The van der Waals surface area contributed by atoms with E-state index in [2.05, 4.69) is 15.3 Å². The summed E-state index contributed by atoms with van der Waals surface area (Å²) in [6.07, 6.45) is -2.43. The van der Waals surface area contributed by atoms with Gasteiger partial charge in [0, 0.05) is 25.9 Å². The maximum Gasteiger partial charge on any atom is 0.451 e. The number of nitrogens with one attached hydrogen (secondary N) is 1. The number of alkyl halides is 3. The van der Waals surface area contributed by atoms with Crippen LogP contribution in [0.4, 0.5) is 22.0 Å². The molecule has 2 N–H and O–H groups in total. The zero-order valence-electron chi connectivity index (χ0n) is 18.8. The number of hydrogen-bond donors (Lipinski definition) is 2. The normalized spacial score (nSPS) is 15.7. The molecule has 2 amide bonds. The van der Waals surface area contributed by atoms with E-state index in [-0.39, 0.29) is 30.9 Å². The van der Waals surface area contributed by atoms with Gasteiger partial charge in [-0.3, -0.25) is 9.59 Å². The third-order valence-corrected chi connectivity index (χ3v) is 5.47. The van der Waals surface area contributed by atoms with Crippen molar-refractivity contribution in [2.75, 3.05) is 13.1 Å². The van der Waals surface area contributed by atoms with E-state index in [0.717, 1.165) is 18.5 Å². The standard InChI is InChI=1S/C22H23F5N4O4/c1-11(2)17(30-19(33)14-3-4-15(23)16(24)18(14)32)20(34)31-7-5-12(6-8-31)35-13-9-28-21(29-10-13)22(25,26)27/h3-4,9-12,17,32H,5-8H2,1-2H3,(H,30,33)/t17-/m0/s1. The number of carbonyl (C=O) groups is 2. The molecular formula is C22H23F5N4O4. The van der Waals surface area contributed by atoms with Crippen molar-refractivity contribution in [3.63, 3.8) is 0 Å². The zero-order valence-corrected chi connectivity index (χ0v) is 18.8. The molecule has 1 aliphatic rings. The Hall–Kier alpha value is -3.51. The smallest absolute Gasteiger partial charge is 0.451 e. The van der Waals surface area contributed by atoms with Gasteiger partial charge < -0.3 is 20.1 Å². The molecule has 13 heteroatoms. The third-order valence-electron chi connectivity index (χ3n) is 5.47. The number of amides is 2. The first-order valence-electron chi connectivity index (χ1n) is 10.7. The van der Waals surface area contributed by atoms with Crippen LogP contribution >= 0.6 is 0 Å². The largest absolute Gasteiger partial charge is 0.504 e. The summed E-state index contributed by atoms with van der Waals surface area (Å²) in [5.41, 5.74) is -0.506. The van der Waals surface area contributed by atoms with Crippen LogP contribution in [-0.2, 0) is 11.0 Å². The molecule has 1 aromatic carbocycles. The van der Waals surface area contributed by atoms with Gasteiger partial charge in [-0.1, -0.05) is 13.8 Å². The molecule has 0 bridgehead atoms. The molecule has 1 atom stereocenters. The highest BCUT2D eigenvalue weighted by Crippen LogP contribution is 2.27. The second-order valence-electron chi connectivity index (χ2n) is 8.34. The van der Waals surface area contributed by atoms with Crippen LogP contribution in [0.15, 0.2) is 24.5 Å². The summed E-state index contributed by atoms with van der Waals surface area (Å²) >= 11 is 0. The summed E-state index contributed by atoms with van der Waals surface area (Å²) in [7, 11) is 0. The average Bonchev–Trinajstić information content (AvgIpc) is 2.80. The Bertz CT molecular complexity index is 1070. The van der Waals surface area contributed by atoms with E-state index in [1.165, 1.54) is 4.90 Å². The number of aromatic nitrogens is 2. The van der Waals surface area contributed by atoms with Crippen molar-refractivity contribution in [3.05, 3.63) is 47.5 Å². The van der Waals surface area contributed by atoms with Gasteiger partial charge in [0.05, 0.1) is 18.0 Å². The lowest BCUT2D eigenvalue weighted by Crippen LogP contribution is -2.53. The Morgan fingerprint density at radius 3 is 2.29 bits per heavy atom. The number of phenols is 1. The third kappa shape index (κ3) is 6.14. The number of carbonyl (C=O) groups excluding carboxylic acids is 2. The number of piperidine rings is 1. The lowest BCUT2D eigenvalue weighted by Gasteiger charge is -2.35. The van der Waals surface area contributed by atoms with Crippen molar-refractivity contribution >= 4 is 11.8 Å². The molecular weight excluding hydrogens is 479 g/mol. The summed E-state index contributed by atoms with van der Waals surface area (Å²) in [5, 5.41) is 12.2. The first-order chi connectivity index (χ1) is 16.4. The van der Waals surface area contributed by atoms with E-state index in [0.29, 0.717) is 18.9 Å². The van der Waals surface area contributed by atoms with Crippen LogP contribution < -0.4 is 10.1 Å². The minimum absolute atomic E-state index is 0.0708. The van der Waals surface area contributed by atoms with Gasteiger partial charge in [-0.05, 0) is 18.1 Å². The lowest BCUT2D eigenvalue weighted by molar-refractivity contribution is -0.145. The maximum absolute atomic E-state index is 13.6. The quantitative estimate of drug-likeness (QED) is 0.588. The predicted molar refractivity (Wildman–Crippen MR) is 111 cm³/mol. The molecule has 1 aliphatic heterocycles. The summed E-state index contributed by atoms with van der Waals surface area (Å²) in [6, 6.07) is 0.609. The molecule has 0 unspecified atom stereocenters. The van der Waals surface area contributed by atoms with E-state index < -0.39 is 52.8 Å². The Labute approximate surface area is 197 Å². The van der Waals surface area contributed by atoms with E-state index in [1.807, 2.05) is 0 Å². The van der Waals surface area contributed by atoms with Gasteiger partial charge in [0.15, 0.2) is 17.3 Å². The fourth-order valence-electron chi connectivity index (χ4n) is 3.56. The minimum atomic E-state index is -4.66. The first kappa shape index (κ1) is 26.1. The van der Waals surface area contributed by atoms with Gasteiger partial charge in [0.2, 0.25) is 17.5 Å². The molecule has 190 valence electrons. The predicted octanol–water partition coefficient (Wildman–Crippen LogP) is 3.30. The molecule has 1 aromatic heterocycles. The van der Waals surface area contributed by atoms with Crippen molar-refractivity contribution in [3.8, 4) is 11.5 Å². The molecule has 0 aliphatic carbocycles. The first-order valence-corrected chi connectivity index (χ1v) is 10.7. The van der Waals surface area contributed by atoms with Crippen LogP contribution in [0.1, 0.15) is 42.9 Å². The van der Waals surface area contributed by atoms with E-state index in [9.17, 15) is 36.6 Å². The van der Waals surface area contributed by atoms with Crippen molar-refractivity contribution in [1.29, 1.82) is 0 Å². The SMILES string of the molecule is CC(C)[C@H](NC(=O)c1ccc(F)c(F)c1O)C(=O)N1CCC(Oc2cnc(C(F)(F)F)nc2)CC1. The highest BCUT2D eigenvalue weighted by atomic mass is 19.4. The van der Waals surface area contributed by atoms with Gasteiger partial charge in [0.1, 0.15) is 12.1 Å². The van der Waals surface area contributed by atoms with Crippen LogP contribution in [0.25, 0.3) is 0 Å². The number of benzene rings is 1. The highest BCUT2D eigenvalue weighted by Gasteiger charge is 2.35. The lowest BCUT2D eigenvalue weighted by atomic mass is 9.99. The number of rotatable bonds is 6. The van der Waals surface area contributed by atoms with Crippen molar-refractivity contribution in [2.45, 2.75) is 45.0 Å². The van der Waals surface area contributed by atoms with E-state index in [4.69, 9.17) is 4.74 Å². The van der Waals surface area contributed by atoms with Crippen molar-refractivity contribution in [1.82, 2.24) is 20.2 Å². The van der Waals surface area contributed by atoms with Gasteiger partial charge in [-0.25, -0.2) is 14.4 Å². The Kier molecular flexibility index (Phi) is 7.76. The van der Waals surface area contributed by atoms with Crippen molar-refractivity contribution in [2.24, 2.45) is 5.92 Å². The molecule has 2 heterocycles. The van der Waals surface area contributed by atoms with E-state index in [1.54, 1.807) is 13.8 Å². The van der Waals surface area contributed by atoms with Crippen LogP contribution in [-0.4, -0.2) is 57.0 Å². The zero-order chi connectivity index (χ0) is 25.9. The fraction of sp³-hybridized carbons (Fsp3) is 0.455. The number of phenolic OH excluding ortho intramolecular Hbond substituents is 1. The highest BCUT2D eigenvalue weighted by molar-refractivity contribution is 5.99. The molecule has 0 radical (unpaired) electrons. The van der Waals surface area contributed by atoms with Gasteiger partial charge in [-0.2, -0.15) is 17.6 Å². The summed E-state index contributed by atoms with van der Waals surface area (Å²) in [5.74, 6) is -6.94. The Morgan fingerprint density at radius 1 is 1.14 bits per heavy atom. The molecule has 8 nitrogen and oxygen atoms in total. The van der Waals surface area contributed by atoms with Crippen LogP contribution in [0.5, 0.6) is 11.5 Å². The minimum Gasteiger partial charge on any atom is -0.504 e. The second-order valence-corrected chi connectivity index (χ2v) is 8.34. The number of likely N-dealkylation sites (tertiary alicyclic amines) is 1. The summed E-state index contributed by atoms with van der Waals surface area (Å²) < 4.78 is 70.2. The fourth-order valence-corrected chi connectivity index (χ4v) is 3.56. The number of halogens is 5. The molecule has 35 heavy (non-hydrogen) atoms. The van der Waals surface area contributed by atoms with Gasteiger partial charge in [0.25, 0.3) is 5.91 Å². The Balaban J connectivity index is 1.59. The molecule has 0 spiro atoms. The molecule has 2 aromatic rings. The molecule has 1 saturated heterocycles. The molecule has 0 saturated carbocycles. The topological polar surface area (TPSA) is 105 Å². The second kappa shape index (κ2) is 10.4. The van der Waals surface area contributed by atoms with E-state index >= 15 is 0 Å². The Morgan fingerprint density at radius 2 is 1.74 bits per heavy atom. The number of nitrogens with zero attached hydrogens (tertiary/aromatic N) is 3. The average molecular weight is 502 g/mol. The summed E-state index contributed by atoms with van der Waals surface area (Å²) in [6.45, 7) is 3.88. The van der Waals surface area contributed by atoms with Crippen LogP contribution in [0, 0.1) is 17.6 Å². The van der Waals surface area contributed by atoms with Crippen LogP contribution in [0.2, 0.25) is 0 Å². The van der Waals surface area contributed by atoms with Gasteiger partial charge >= 0.3 is 6.18 Å². The number of hydrogen-bond acceptors (Lipinski definition) is 6.